The van der Waals surface area contributed by atoms with Gasteiger partial charge >= 0.3 is 0 Å². The maximum atomic E-state index is 12.7. The number of aromatic nitrogens is 2. The smallest absolute Gasteiger partial charge is 0.279 e. The maximum absolute atomic E-state index is 12.7. The average Bonchev–Trinajstić information content (AvgIpc) is 3.47. The summed E-state index contributed by atoms with van der Waals surface area (Å²) < 4.78 is 16.0. The van der Waals surface area contributed by atoms with Gasteiger partial charge in [-0.05, 0) is 44.2 Å². The number of methoxy groups -OCH3 is 2. The van der Waals surface area contributed by atoms with Crippen molar-refractivity contribution < 1.29 is 18.8 Å². The highest BCUT2D eigenvalue weighted by molar-refractivity contribution is 7.18. The van der Waals surface area contributed by atoms with Crippen molar-refractivity contribution in [2.24, 2.45) is 0 Å². The lowest BCUT2D eigenvalue weighted by Gasteiger charge is -2.07. The van der Waals surface area contributed by atoms with E-state index in [1.807, 2.05) is 13.0 Å². The van der Waals surface area contributed by atoms with Crippen LogP contribution >= 0.6 is 22.7 Å². The molecule has 0 aliphatic heterocycles. The van der Waals surface area contributed by atoms with Gasteiger partial charge in [0, 0.05) is 15.8 Å². The minimum absolute atomic E-state index is 0.149. The largest absolute Gasteiger partial charge is 0.497 e. The molecule has 0 radical (unpaired) electrons. The Labute approximate surface area is 181 Å². The van der Waals surface area contributed by atoms with Crippen LogP contribution in [0.2, 0.25) is 0 Å². The van der Waals surface area contributed by atoms with Crippen LogP contribution in [0.5, 0.6) is 11.5 Å². The topological polar surface area (TPSA) is 86.5 Å². The number of amides is 1. The van der Waals surface area contributed by atoms with Gasteiger partial charge in [-0.2, -0.15) is 0 Å². The summed E-state index contributed by atoms with van der Waals surface area (Å²) in [6.45, 7) is 4.04. The van der Waals surface area contributed by atoms with Gasteiger partial charge in [0.15, 0.2) is 16.6 Å². The molecular formula is C21H19N3O4S2. The fourth-order valence-electron chi connectivity index (χ4n) is 2.92. The number of hydrogen-bond acceptors (Lipinski definition) is 8. The van der Waals surface area contributed by atoms with Gasteiger partial charge in [0.1, 0.15) is 11.5 Å². The molecule has 9 heteroatoms. The zero-order chi connectivity index (χ0) is 21.3. The normalized spacial score (nSPS) is 10.8. The first-order chi connectivity index (χ1) is 14.5. The third-order valence-electron chi connectivity index (χ3n) is 4.41. The van der Waals surface area contributed by atoms with Crippen LogP contribution in [-0.4, -0.2) is 30.3 Å². The number of aryl methyl sites for hydroxylation is 2. The van der Waals surface area contributed by atoms with E-state index in [0.717, 1.165) is 15.4 Å². The van der Waals surface area contributed by atoms with Crippen LogP contribution in [0.1, 0.15) is 20.2 Å². The zero-order valence-electron chi connectivity index (χ0n) is 16.8. The number of thiazole rings is 1. The average molecular weight is 442 g/mol. The lowest BCUT2D eigenvalue weighted by atomic mass is 10.1. The van der Waals surface area contributed by atoms with Crippen molar-refractivity contribution in [3.8, 4) is 33.4 Å². The molecular weight excluding hydrogens is 422 g/mol. The third kappa shape index (κ3) is 3.94. The predicted molar refractivity (Wildman–Crippen MR) is 118 cm³/mol. The van der Waals surface area contributed by atoms with Crippen LogP contribution in [-0.2, 0) is 0 Å². The highest BCUT2D eigenvalue weighted by Gasteiger charge is 2.19. The Morgan fingerprint density at radius 3 is 2.60 bits per heavy atom. The number of carbonyl (C=O) groups excluding carboxylic acids is 1. The fraction of sp³-hybridized carbons (Fsp3) is 0.190. The number of nitrogens with one attached hydrogen (secondary N) is 1. The Balaban J connectivity index is 1.56. The van der Waals surface area contributed by atoms with Crippen LogP contribution in [0.3, 0.4) is 0 Å². The molecule has 154 valence electrons. The van der Waals surface area contributed by atoms with Crippen molar-refractivity contribution in [1.29, 1.82) is 0 Å². The summed E-state index contributed by atoms with van der Waals surface area (Å²) >= 11 is 3.10. The van der Waals surface area contributed by atoms with E-state index >= 15 is 0 Å². The Kier molecular flexibility index (Phi) is 5.56. The molecule has 3 heterocycles. The number of ether oxygens (including phenoxy) is 2. The first-order valence-electron chi connectivity index (χ1n) is 9.03. The molecule has 0 saturated carbocycles. The second-order valence-electron chi connectivity index (χ2n) is 6.43. The molecule has 0 aliphatic rings. The maximum Gasteiger partial charge on any atom is 0.279 e. The third-order valence-corrected chi connectivity index (χ3v) is 6.30. The molecule has 7 nitrogen and oxygen atoms in total. The van der Waals surface area contributed by atoms with Crippen molar-refractivity contribution >= 4 is 33.7 Å². The van der Waals surface area contributed by atoms with E-state index < -0.39 is 5.91 Å². The van der Waals surface area contributed by atoms with Crippen LogP contribution in [0.15, 0.2) is 40.9 Å². The summed E-state index contributed by atoms with van der Waals surface area (Å²) in [5, 5.41) is 7.23. The van der Waals surface area contributed by atoms with E-state index in [9.17, 15) is 4.79 Å². The Morgan fingerprint density at radius 1 is 1.07 bits per heavy atom. The lowest BCUT2D eigenvalue weighted by Crippen LogP contribution is -2.11. The van der Waals surface area contributed by atoms with Crippen LogP contribution < -0.4 is 14.8 Å². The first kappa shape index (κ1) is 20.1. The van der Waals surface area contributed by atoms with Crippen molar-refractivity contribution in [1.82, 2.24) is 10.1 Å². The highest BCUT2D eigenvalue weighted by atomic mass is 32.1. The Hall–Kier alpha value is -3.17. The van der Waals surface area contributed by atoms with Gasteiger partial charge in [0.05, 0.1) is 30.4 Å². The van der Waals surface area contributed by atoms with E-state index in [1.165, 1.54) is 16.2 Å². The molecule has 30 heavy (non-hydrogen) atoms. The first-order valence-corrected chi connectivity index (χ1v) is 10.7. The molecule has 0 aliphatic carbocycles. The molecule has 0 atom stereocenters. The number of hydrogen-bond donors (Lipinski definition) is 1. The highest BCUT2D eigenvalue weighted by Crippen LogP contribution is 2.36. The number of rotatable bonds is 6. The minimum Gasteiger partial charge on any atom is -0.497 e. The van der Waals surface area contributed by atoms with Crippen LogP contribution in [0, 0.1) is 13.8 Å². The van der Waals surface area contributed by atoms with Gasteiger partial charge in [0.25, 0.3) is 5.91 Å². The van der Waals surface area contributed by atoms with Gasteiger partial charge in [0.2, 0.25) is 0 Å². The monoisotopic (exact) mass is 441 g/mol. The standard InChI is InChI=1S/C21H19N3O4S2/c1-11-5-8-18(29-11)19-12(2)30-21(22-19)23-20(25)15-10-17(28-24-15)14-9-13(26-3)6-7-16(14)27-4/h5-10H,1-4H3,(H,22,23,25). The summed E-state index contributed by atoms with van der Waals surface area (Å²) in [6, 6.07) is 11.0. The molecule has 0 bridgehead atoms. The molecule has 1 amide bonds. The predicted octanol–water partition coefficient (Wildman–Crippen LogP) is 5.41. The number of thiophene rings is 1. The van der Waals surface area contributed by atoms with Crippen molar-refractivity contribution in [3.63, 3.8) is 0 Å². The number of benzene rings is 1. The van der Waals surface area contributed by atoms with Crippen molar-refractivity contribution in [2.75, 3.05) is 19.5 Å². The quantitative estimate of drug-likeness (QED) is 0.430. The summed E-state index contributed by atoms with van der Waals surface area (Å²) in [7, 11) is 3.14. The van der Waals surface area contributed by atoms with Gasteiger partial charge in [-0.15, -0.1) is 22.7 Å². The lowest BCUT2D eigenvalue weighted by molar-refractivity contribution is 0.101. The summed E-state index contributed by atoms with van der Waals surface area (Å²) in [5.41, 5.74) is 1.68. The second kappa shape index (κ2) is 8.29. The van der Waals surface area contributed by atoms with Gasteiger partial charge in [-0.3, -0.25) is 10.1 Å². The van der Waals surface area contributed by atoms with Gasteiger partial charge < -0.3 is 14.0 Å². The fourth-order valence-corrected chi connectivity index (χ4v) is 4.72. The number of carbonyl (C=O) groups is 1. The summed E-state index contributed by atoms with van der Waals surface area (Å²) in [6.07, 6.45) is 0. The molecule has 3 aromatic heterocycles. The summed E-state index contributed by atoms with van der Waals surface area (Å²) in [4.78, 5) is 20.6. The summed E-state index contributed by atoms with van der Waals surface area (Å²) in [5.74, 6) is 1.24. The SMILES string of the molecule is COc1ccc(OC)c(-c2cc(C(=O)Nc3nc(-c4ccc(C)s4)c(C)s3)no2)c1. The van der Waals surface area contributed by atoms with Crippen LogP contribution in [0.4, 0.5) is 5.13 Å². The minimum atomic E-state index is -0.394. The van der Waals surface area contributed by atoms with Gasteiger partial charge in [-0.25, -0.2) is 4.98 Å². The Morgan fingerprint density at radius 2 is 1.90 bits per heavy atom. The van der Waals surface area contributed by atoms with Crippen LogP contribution in [0.25, 0.3) is 21.9 Å². The molecule has 0 fully saturated rings. The molecule has 4 aromatic rings. The van der Waals surface area contributed by atoms with Crippen molar-refractivity contribution in [2.45, 2.75) is 13.8 Å². The molecule has 0 spiro atoms. The van der Waals surface area contributed by atoms with E-state index in [-0.39, 0.29) is 5.69 Å². The molecule has 1 aromatic carbocycles. The molecule has 0 unspecified atom stereocenters. The van der Waals surface area contributed by atoms with E-state index in [2.05, 4.69) is 28.4 Å². The Bertz CT molecular complexity index is 1210. The number of nitrogens with zero attached hydrogens (tertiary/aromatic N) is 2. The zero-order valence-corrected chi connectivity index (χ0v) is 18.4. The number of anilines is 1. The molecule has 4 rings (SSSR count). The van der Waals surface area contributed by atoms with E-state index in [4.69, 9.17) is 14.0 Å². The van der Waals surface area contributed by atoms with E-state index in [0.29, 0.717) is 28.0 Å². The van der Waals surface area contributed by atoms with Gasteiger partial charge in [-0.1, -0.05) is 5.16 Å². The molecule has 0 saturated heterocycles. The molecule has 1 N–H and O–H groups in total. The second-order valence-corrected chi connectivity index (χ2v) is 8.92. The van der Waals surface area contributed by atoms with E-state index in [1.54, 1.807) is 49.8 Å². The van der Waals surface area contributed by atoms with Crippen molar-refractivity contribution in [3.05, 3.63) is 51.8 Å².